The van der Waals surface area contributed by atoms with E-state index in [1.165, 1.54) is 0 Å². The lowest BCUT2D eigenvalue weighted by Gasteiger charge is -2.30. The van der Waals surface area contributed by atoms with Crippen molar-refractivity contribution in [2.75, 3.05) is 0 Å². The number of hydrogen-bond acceptors (Lipinski definition) is 7. The summed E-state index contributed by atoms with van der Waals surface area (Å²) in [6.45, 7) is 0. The van der Waals surface area contributed by atoms with Crippen LogP contribution >= 0.6 is 0 Å². The highest BCUT2D eigenvalue weighted by Crippen LogP contribution is 2.46. The van der Waals surface area contributed by atoms with Crippen LogP contribution in [0.25, 0.3) is 6.08 Å². The highest BCUT2D eigenvalue weighted by atomic mass is 16.4. The molecule has 1 heterocycles. The number of hydrogen-bond donors (Lipinski definition) is 5. The lowest BCUT2D eigenvalue weighted by molar-refractivity contribution is -0.144. The molecule has 0 bridgehead atoms. The molecule has 0 radical (unpaired) electrons. The Labute approximate surface area is 155 Å². The second kappa shape index (κ2) is 6.58. The highest BCUT2D eigenvalue weighted by molar-refractivity contribution is 6.01. The number of aromatic hydroxyl groups is 2. The third-order valence-corrected chi connectivity index (χ3v) is 4.37. The average Bonchev–Trinajstić information content (AvgIpc) is 2.60. The van der Waals surface area contributed by atoms with Gasteiger partial charge in [0.05, 0.1) is 11.5 Å². The minimum Gasteiger partial charge on any atom is -0.504 e. The fourth-order valence-electron chi connectivity index (χ4n) is 3.24. The van der Waals surface area contributed by atoms with Crippen molar-refractivity contribution >= 4 is 24.0 Å². The summed E-state index contributed by atoms with van der Waals surface area (Å²) in [6, 6.07) is 3.85. The van der Waals surface area contributed by atoms with Gasteiger partial charge in [-0.1, -0.05) is 0 Å². The second-order valence-corrected chi connectivity index (χ2v) is 6.05. The number of aromatic carboxylic acids is 1. The van der Waals surface area contributed by atoms with Gasteiger partial charge >= 0.3 is 23.5 Å². The topological polar surface area (TPSA) is 183 Å². The number of carboxylic acids is 3. The van der Waals surface area contributed by atoms with Crippen molar-refractivity contribution in [3.05, 3.63) is 62.7 Å². The van der Waals surface area contributed by atoms with Crippen molar-refractivity contribution in [3.8, 4) is 11.5 Å². The first-order valence-electron chi connectivity index (χ1n) is 7.72. The van der Waals surface area contributed by atoms with Crippen molar-refractivity contribution in [1.82, 2.24) is 0 Å². The van der Waals surface area contributed by atoms with Crippen molar-refractivity contribution in [3.63, 3.8) is 0 Å². The number of carboxylic acid groups (broad SMARTS) is 3. The molecule has 10 heteroatoms. The molecule has 0 saturated heterocycles. The molecule has 10 nitrogen and oxygen atoms in total. The van der Waals surface area contributed by atoms with E-state index in [2.05, 4.69) is 4.42 Å². The van der Waals surface area contributed by atoms with Gasteiger partial charge in [-0.05, 0) is 41.0 Å². The average molecular weight is 388 g/mol. The smallest absolute Gasteiger partial charge is 0.371 e. The minimum absolute atomic E-state index is 0.0923. The molecular formula is C18H12O10. The van der Waals surface area contributed by atoms with E-state index >= 15 is 0 Å². The van der Waals surface area contributed by atoms with Crippen LogP contribution in [0.2, 0.25) is 0 Å². The maximum absolute atomic E-state index is 11.9. The molecule has 0 aliphatic heterocycles. The van der Waals surface area contributed by atoms with Gasteiger partial charge < -0.3 is 29.9 Å². The normalized spacial score (nSPS) is 18.1. The number of benzene rings is 1. The molecule has 0 amide bonds. The third-order valence-electron chi connectivity index (χ3n) is 4.37. The Bertz CT molecular complexity index is 1110. The van der Waals surface area contributed by atoms with Gasteiger partial charge in [-0.25, -0.2) is 14.4 Å². The summed E-state index contributed by atoms with van der Waals surface area (Å²) >= 11 is 0. The molecule has 2 atom stereocenters. The molecule has 5 N–H and O–H groups in total. The fraction of sp³-hybridized carbons (Fsp3) is 0.111. The van der Waals surface area contributed by atoms with Crippen LogP contribution in [0.5, 0.6) is 11.5 Å². The molecule has 0 spiro atoms. The highest BCUT2D eigenvalue weighted by Gasteiger charge is 2.41. The van der Waals surface area contributed by atoms with Crippen LogP contribution in [0.3, 0.4) is 0 Å². The van der Waals surface area contributed by atoms with Gasteiger partial charge in [0, 0.05) is 12.0 Å². The lowest BCUT2D eigenvalue weighted by atomic mass is 9.71. The van der Waals surface area contributed by atoms with E-state index < -0.39 is 58.2 Å². The summed E-state index contributed by atoms with van der Waals surface area (Å²) in [5, 5.41) is 47.7. The van der Waals surface area contributed by atoms with Gasteiger partial charge in [-0.2, -0.15) is 0 Å². The quantitative estimate of drug-likeness (QED) is 0.475. The van der Waals surface area contributed by atoms with Gasteiger partial charge in [-0.15, -0.1) is 0 Å². The van der Waals surface area contributed by atoms with Crippen molar-refractivity contribution in [2.24, 2.45) is 5.92 Å². The monoisotopic (exact) mass is 388 g/mol. The van der Waals surface area contributed by atoms with Gasteiger partial charge in [-0.3, -0.25) is 4.79 Å². The molecule has 1 aromatic carbocycles. The molecule has 0 saturated carbocycles. The van der Waals surface area contributed by atoms with Crippen LogP contribution in [0.4, 0.5) is 0 Å². The molecule has 28 heavy (non-hydrogen) atoms. The first-order chi connectivity index (χ1) is 13.1. The lowest BCUT2D eigenvalue weighted by Crippen LogP contribution is -2.31. The number of aliphatic carboxylic acids is 2. The third kappa shape index (κ3) is 3.07. The molecule has 1 aromatic heterocycles. The van der Waals surface area contributed by atoms with E-state index in [4.69, 9.17) is 5.11 Å². The first kappa shape index (κ1) is 18.7. The van der Waals surface area contributed by atoms with Gasteiger partial charge in [0.25, 0.3) is 0 Å². The summed E-state index contributed by atoms with van der Waals surface area (Å²) in [4.78, 5) is 46.5. The zero-order valence-electron chi connectivity index (χ0n) is 13.8. The molecular weight excluding hydrogens is 376 g/mol. The summed E-state index contributed by atoms with van der Waals surface area (Å²) in [6.07, 6.45) is 1.04. The van der Waals surface area contributed by atoms with E-state index in [1.807, 2.05) is 0 Å². The van der Waals surface area contributed by atoms with Crippen molar-refractivity contribution in [1.29, 1.82) is 0 Å². The van der Waals surface area contributed by atoms with Crippen LogP contribution in [0.1, 0.15) is 33.2 Å². The number of rotatable bonds is 4. The Morgan fingerprint density at radius 3 is 2.11 bits per heavy atom. The molecule has 1 aliphatic carbocycles. The molecule has 3 rings (SSSR count). The summed E-state index contributed by atoms with van der Waals surface area (Å²) < 4.78 is 4.55. The van der Waals surface area contributed by atoms with Gasteiger partial charge in [0.2, 0.25) is 5.76 Å². The largest absolute Gasteiger partial charge is 0.504 e. The fourth-order valence-corrected chi connectivity index (χ4v) is 3.24. The molecule has 0 fully saturated rings. The van der Waals surface area contributed by atoms with Crippen LogP contribution in [0, 0.1) is 5.92 Å². The molecule has 2 unspecified atom stereocenters. The van der Waals surface area contributed by atoms with Crippen molar-refractivity contribution in [2.45, 2.75) is 5.92 Å². The standard InChI is InChI=1S/C18H12O10/c19-10-2-6-1-9(16(22)23)15(18(26)27)14(8(6)5-11(10)20)7-3-12(17(24)25)28-13(21)4-7/h1-5,14-15,19-20H,(H,22,23)(H,24,25)(H,26,27). The maximum atomic E-state index is 11.9. The SMILES string of the molecule is O=C(O)C1=Cc2cc(O)c(O)cc2C(c2cc(C(=O)O)oc(=O)c2)C1C(=O)O. The number of phenolic OH excluding ortho intramolecular Hbond substituents is 2. The predicted octanol–water partition coefficient (Wildman–Crippen LogP) is 1.06. The van der Waals surface area contributed by atoms with Crippen LogP contribution < -0.4 is 5.63 Å². The molecule has 144 valence electrons. The van der Waals surface area contributed by atoms with Crippen molar-refractivity contribution < 1.29 is 44.3 Å². The van der Waals surface area contributed by atoms with E-state index in [0.29, 0.717) is 0 Å². The number of carbonyl (C=O) groups is 3. The Balaban J connectivity index is 2.37. The molecule has 1 aliphatic rings. The summed E-state index contributed by atoms with van der Waals surface area (Å²) in [5.74, 6) is -9.62. The zero-order valence-corrected chi connectivity index (χ0v) is 13.8. The van der Waals surface area contributed by atoms with Gasteiger partial charge in [0.1, 0.15) is 0 Å². The first-order valence-corrected chi connectivity index (χ1v) is 7.72. The summed E-state index contributed by atoms with van der Waals surface area (Å²) in [5.41, 5.74) is -1.55. The number of phenols is 2. The zero-order chi connectivity index (χ0) is 20.7. The van der Waals surface area contributed by atoms with Gasteiger partial charge in [0.15, 0.2) is 11.5 Å². The Hall–Kier alpha value is -4.08. The summed E-state index contributed by atoms with van der Waals surface area (Å²) in [7, 11) is 0. The van der Waals surface area contributed by atoms with E-state index in [1.54, 1.807) is 0 Å². The van der Waals surface area contributed by atoms with Crippen LogP contribution in [-0.2, 0) is 9.59 Å². The Morgan fingerprint density at radius 2 is 1.54 bits per heavy atom. The maximum Gasteiger partial charge on any atom is 0.371 e. The Kier molecular flexibility index (Phi) is 4.39. The molecule has 2 aromatic rings. The predicted molar refractivity (Wildman–Crippen MR) is 90.3 cm³/mol. The Morgan fingerprint density at radius 1 is 0.893 bits per heavy atom. The van der Waals surface area contributed by atoms with Crippen LogP contribution in [0.15, 0.2) is 39.1 Å². The van der Waals surface area contributed by atoms with E-state index in [0.717, 1.165) is 30.3 Å². The number of fused-ring (bicyclic) bond motifs is 1. The second-order valence-electron chi connectivity index (χ2n) is 6.05. The van der Waals surface area contributed by atoms with Crippen LogP contribution in [-0.4, -0.2) is 43.4 Å². The van der Waals surface area contributed by atoms with E-state index in [-0.39, 0.29) is 16.7 Å². The van der Waals surface area contributed by atoms with E-state index in [9.17, 15) is 39.6 Å². The minimum atomic E-state index is -1.70.